The molecule has 1 heterocycles. The van der Waals surface area contributed by atoms with Gasteiger partial charge in [0, 0.05) is 18.8 Å². The topological polar surface area (TPSA) is 21.3 Å². The van der Waals surface area contributed by atoms with E-state index < -0.39 is 0 Å². The molecule has 0 aromatic rings. The zero-order valence-corrected chi connectivity index (χ0v) is 9.53. The van der Waals surface area contributed by atoms with Crippen LogP contribution in [0.5, 0.6) is 0 Å². The lowest BCUT2D eigenvalue weighted by atomic mass is 10.2. The van der Waals surface area contributed by atoms with Crippen LogP contribution >= 0.6 is 11.8 Å². The van der Waals surface area contributed by atoms with Crippen molar-refractivity contribution >= 4 is 11.8 Å². The predicted octanol–water partition coefficient (Wildman–Crippen LogP) is 1.75. The fourth-order valence-corrected chi connectivity index (χ4v) is 2.50. The zero-order valence-electron chi connectivity index (χ0n) is 8.71. The first kappa shape index (κ1) is 11.3. The molecular formula is C10H21NOS. The number of thioether (sulfide) groups is 1. The molecule has 1 aliphatic heterocycles. The Morgan fingerprint density at radius 3 is 3.08 bits per heavy atom. The van der Waals surface area contributed by atoms with Gasteiger partial charge >= 0.3 is 0 Å². The number of ether oxygens (including phenoxy) is 1. The van der Waals surface area contributed by atoms with Gasteiger partial charge in [0.1, 0.15) is 0 Å². The van der Waals surface area contributed by atoms with Crippen molar-refractivity contribution in [2.45, 2.75) is 26.4 Å². The maximum absolute atomic E-state index is 5.61. The molecule has 0 saturated carbocycles. The van der Waals surface area contributed by atoms with Gasteiger partial charge in [-0.2, -0.15) is 11.8 Å². The van der Waals surface area contributed by atoms with Crippen LogP contribution in [0.4, 0.5) is 0 Å². The summed E-state index contributed by atoms with van der Waals surface area (Å²) < 4.78 is 5.61. The Bertz CT molecular complexity index is 126. The largest absolute Gasteiger partial charge is 0.375 e. The quantitative estimate of drug-likeness (QED) is 0.735. The molecule has 0 aromatic carbocycles. The van der Waals surface area contributed by atoms with Crippen molar-refractivity contribution in [3.63, 3.8) is 0 Å². The third-order valence-corrected chi connectivity index (χ3v) is 3.82. The number of nitrogens with one attached hydrogen (secondary N) is 1. The standard InChI is InChI=1S/C10H21NOS/c1-3-9(2)7-13-8-10-6-11-4-5-12-10/h9-11H,3-8H2,1-2H3. The predicted molar refractivity (Wildman–Crippen MR) is 59.4 cm³/mol. The summed E-state index contributed by atoms with van der Waals surface area (Å²) in [5.41, 5.74) is 0. The molecule has 0 radical (unpaired) electrons. The van der Waals surface area contributed by atoms with E-state index in [1.54, 1.807) is 0 Å². The molecule has 1 N–H and O–H groups in total. The first-order valence-electron chi connectivity index (χ1n) is 5.23. The summed E-state index contributed by atoms with van der Waals surface area (Å²) in [6.45, 7) is 7.51. The van der Waals surface area contributed by atoms with Crippen LogP contribution in [-0.2, 0) is 4.74 Å². The van der Waals surface area contributed by atoms with Gasteiger partial charge in [0.25, 0.3) is 0 Å². The Hall–Kier alpha value is 0.270. The van der Waals surface area contributed by atoms with Crippen molar-refractivity contribution < 1.29 is 4.74 Å². The van der Waals surface area contributed by atoms with Gasteiger partial charge in [0.05, 0.1) is 12.7 Å². The highest BCUT2D eigenvalue weighted by atomic mass is 32.2. The van der Waals surface area contributed by atoms with E-state index in [9.17, 15) is 0 Å². The average molecular weight is 203 g/mol. The number of rotatable bonds is 5. The lowest BCUT2D eigenvalue weighted by Crippen LogP contribution is -2.39. The molecule has 78 valence electrons. The SMILES string of the molecule is CCC(C)CSCC1CNCCO1. The summed E-state index contributed by atoms with van der Waals surface area (Å²) in [5.74, 6) is 3.27. The molecule has 13 heavy (non-hydrogen) atoms. The summed E-state index contributed by atoms with van der Waals surface area (Å²) in [6.07, 6.45) is 1.74. The van der Waals surface area contributed by atoms with E-state index in [-0.39, 0.29) is 0 Å². The Morgan fingerprint density at radius 1 is 1.62 bits per heavy atom. The molecule has 0 spiro atoms. The molecular weight excluding hydrogens is 182 g/mol. The molecule has 3 heteroatoms. The second-order valence-electron chi connectivity index (χ2n) is 3.75. The third kappa shape index (κ3) is 4.89. The van der Waals surface area contributed by atoms with Crippen molar-refractivity contribution in [1.29, 1.82) is 0 Å². The first-order chi connectivity index (χ1) is 6.33. The van der Waals surface area contributed by atoms with Crippen molar-refractivity contribution in [3.05, 3.63) is 0 Å². The highest BCUT2D eigenvalue weighted by Crippen LogP contribution is 2.13. The van der Waals surface area contributed by atoms with Gasteiger partial charge in [-0.1, -0.05) is 20.3 Å². The van der Waals surface area contributed by atoms with Gasteiger partial charge in [-0.15, -0.1) is 0 Å². The smallest absolute Gasteiger partial charge is 0.0790 e. The highest BCUT2D eigenvalue weighted by molar-refractivity contribution is 7.99. The summed E-state index contributed by atoms with van der Waals surface area (Å²) in [7, 11) is 0. The van der Waals surface area contributed by atoms with Crippen molar-refractivity contribution in [3.8, 4) is 0 Å². The van der Waals surface area contributed by atoms with Crippen molar-refractivity contribution in [1.82, 2.24) is 5.32 Å². The van der Waals surface area contributed by atoms with Crippen LogP contribution in [0.3, 0.4) is 0 Å². The minimum Gasteiger partial charge on any atom is -0.375 e. The lowest BCUT2D eigenvalue weighted by molar-refractivity contribution is 0.0440. The maximum Gasteiger partial charge on any atom is 0.0790 e. The Balaban J connectivity index is 1.98. The molecule has 0 aliphatic carbocycles. The number of hydrogen-bond acceptors (Lipinski definition) is 3. The molecule has 0 amide bonds. The van der Waals surface area contributed by atoms with Crippen LogP contribution < -0.4 is 5.32 Å². The van der Waals surface area contributed by atoms with E-state index in [1.165, 1.54) is 12.2 Å². The van der Waals surface area contributed by atoms with E-state index in [0.717, 1.165) is 31.4 Å². The zero-order chi connectivity index (χ0) is 9.52. The van der Waals surface area contributed by atoms with Crippen molar-refractivity contribution in [2.24, 2.45) is 5.92 Å². The summed E-state index contributed by atoms with van der Waals surface area (Å²) >= 11 is 2.03. The Labute approximate surface area is 85.8 Å². The van der Waals surface area contributed by atoms with E-state index in [2.05, 4.69) is 19.2 Å². The second-order valence-corrected chi connectivity index (χ2v) is 4.82. The molecule has 2 unspecified atom stereocenters. The first-order valence-corrected chi connectivity index (χ1v) is 6.38. The highest BCUT2D eigenvalue weighted by Gasteiger charge is 2.13. The molecule has 2 atom stereocenters. The molecule has 0 aromatic heterocycles. The molecule has 1 rings (SSSR count). The van der Waals surface area contributed by atoms with Crippen LogP contribution in [0.15, 0.2) is 0 Å². The Morgan fingerprint density at radius 2 is 2.46 bits per heavy atom. The number of hydrogen-bond donors (Lipinski definition) is 1. The van der Waals surface area contributed by atoms with E-state index in [4.69, 9.17) is 4.74 Å². The molecule has 2 nitrogen and oxygen atoms in total. The normalized spacial score (nSPS) is 25.8. The summed E-state index contributed by atoms with van der Waals surface area (Å²) in [5, 5.41) is 3.35. The van der Waals surface area contributed by atoms with Gasteiger partial charge < -0.3 is 10.1 Å². The van der Waals surface area contributed by atoms with Gasteiger partial charge in [0.15, 0.2) is 0 Å². The van der Waals surface area contributed by atoms with Crippen LogP contribution in [0.2, 0.25) is 0 Å². The molecule has 0 bridgehead atoms. The molecule has 1 fully saturated rings. The lowest BCUT2D eigenvalue weighted by Gasteiger charge is -2.23. The summed E-state index contributed by atoms with van der Waals surface area (Å²) in [4.78, 5) is 0. The van der Waals surface area contributed by atoms with Crippen LogP contribution in [0.25, 0.3) is 0 Å². The second kappa shape index (κ2) is 6.68. The fraction of sp³-hybridized carbons (Fsp3) is 1.00. The Kier molecular flexibility index (Phi) is 5.83. The summed E-state index contributed by atoms with van der Waals surface area (Å²) in [6, 6.07) is 0. The van der Waals surface area contributed by atoms with Gasteiger partial charge in [-0.3, -0.25) is 0 Å². The van der Waals surface area contributed by atoms with Gasteiger partial charge in [-0.25, -0.2) is 0 Å². The van der Waals surface area contributed by atoms with E-state index >= 15 is 0 Å². The minimum absolute atomic E-state index is 0.447. The van der Waals surface area contributed by atoms with Gasteiger partial charge in [0.2, 0.25) is 0 Å². The molecule has 1 saturated heterocycles. The van der Waals surface area contributed by atoms with E-state index in [1.807, 2.05) is 11.8 Å². The number of morpholine rings is 1. The average Bonchev–Trinajstić information content (AvgIpc) is 2.19. The van der Waals surface area contributed by atoms with Crippen LogP contribution in [-0.4, -0.2) is 37.3 Å². The molecule has 1 aliphatic rings. The third-order valence-electron chi connectivity index (χ3n) is 2.41. The van der Waals surface area contributed by atoms with E-state index in [0.29, 0.717) is 6.10 Å². The minimum atomic E-state index is 0.447. The van der Waals surface area contributed by atoms with Gasteiger partial charge in [-0.05, 0) is 11.7 Å². The van der Waals surface area contributed by atoms with Crippen LogP contribution in [0, 0.1) is 5.92 Å². The maximum atomic E-state index is 5.61. The van der Waals surface area contributed by atoms with Crippen LogP contribution in [0.1, 0.15) is 20.3 Å². The van der Waals surface area contributed by atoms with Crippen molar-refractivity contribution in [2.75, 3.05) is 31.2 Å². The monoisotopic (exact) mass is 203 g/mol. The fourth-order valence-electron chi connectivity index (χ4n) is 1.25.